The van der Waals surface area contributed by atoms with E-state index in [2.05, 4.69) is 10.4 Å². The number of aromatic nitrogens is 2. The van der Waals surface area contributed by atoms with Crippen LogP contribution in [0.25, 0.3) is 0 Å². The first-order chi connectivity index (χ1) is 12.5. The number of halogens is 2. The van der Waals surface area contributed by atoms with Gasteiger partial charge in [-0.3, -0.25) is 14.3 Å². The predicted molar refractivity (Wildman–Crippen MR) is 106 cm³/mol. The second-order valence-corrected chi connectivity index (χ2v) is 6.73. The number of carbonyl (C=O) groups is 2. The van der Waals surface area contributed by atoms with Crippen LogP contribution in [-0.4, -0.2) is 64.6 Å². The quantitative estimate of drug-likeness (QED) is 0.831. The van der Waals surface area contributed by atoms with Gasteiger partial charge in [0, 0.05) is 55.6 Å². The van der Waals surface area contributed by atoms with Gasteiger partial charge in [-0.25, -0.2) is 0 Å². The van der Waals surface area contributed by atoms with Crippen LogP contribution in [-0.2, 0) is 11.8 Å². The second-order valence-electron chi connectivity index (χ2n) is 6.29. The summed E-state index contributed by atoms with van der Waals surface area (Å²) in [6.07, 6.45) is 3.53. The van der Waals surface area contributed by atoms with Crippen LogP contribution in [0.2, 0.25) is 5.02 Å². The molecule has 1 aliphatic rings. The summed E-state index contributed by atoms with van der Waals surface area (Å²) in [6.45, 7) is 2.04. The van der Waals surface area contributed by atoms with Gasteiger partial charge in [-0.15, -0.1) is 12.4 Å². The standard InChI is InChI=1S/C18H22ClN5O2.ClH/c1-20-16(14-11-21-22(2)12-14)18(26)24-9-7-23(8-10-24)17(25)13-3-5-15(19)6-4-13;/h3-6,11-12,16,20H,7-10H2,1-2H3;1H. The van der Waals surface area contributed by atoms with Gasteiger partial charge >= 0.3 is 0 Å². The van der Waals surface area contributed by atoms with Gasteiger partial charge in [0.15, 0.2) is 0 Å². The Bertz CT molecular complexity index is 785. The fourth-order valence-corrected chi connectivity index (χ4v) is 3.24. The minimum Gasteiger partial charge on any atom is -0.337 e. The SMILES string of the molecule is CNC(C(=O)N1CCN(C(=O)c2ccc(Cl)cc2)CC1)c1cnn(C)c1.Cl. The molecule has 1 atom stereocenters. The first-order valence-corrected chi connectivity index (χ1v) is 8.87. The lowest BCUT2D eigenvalue weighted by molar-refractivity contribution is -0.135. The molecule has 7 nitrogen and oxygen atoms in total. The highest BCUT2D eigenvalue weighted by molar-refractivity contribution is 6.30. The molecule has 3 rings (SSSR count). The molecule has 1 aromatic carbocycles. The Morgan fingerprint density at radius 2 is 1.70 bits per heavy atom. The molecule has 2 aromatic rings. The summed E-state index contributed by atoms with van der Waals surface area (Å²) in [6, 6.07) is 6.44. The predicted octanol–water partition coefficient (Wildman–Crippen LogP) is 1.74. The molecule has 0 spiro atoms. The van der Waals surface area contributed by atoms with Crippen molar-refractivity contribution < 1.29 is 9.59 Å². The summed E-state index contributed by atoms with van der Waals surface area (Å²) < 4.78 is 1.68. The van der Waals surface area contributed by atoms with Crippen molar-refractivity contribution in [2.24, 2.45) is 7.05 Å². The van der Waals surface area contributed by atoms with E-state index in [4.69, 9.17) is 11.6 Å². The lowest BCUT2D eigenvalue weighted by atomic mass is 10.1. The summed E-state index contributed by atoms with van der Waals surface area (Å²) in [7, 11) is 3.58. The minimum atomic E-state index is -0.429. The van der Waals surface area contributed by atoms with Crippen LogP contribution in [0.5, 0.6) is 0 Å². The summed E-state index contributed by atoms with van der Waals surface area (Å²) >= 11 is 5.87. The van der Waals surface area contributed by atoms with E-state index in [1.807, 2.05) is 13.2 Å². The Labute approximate surface area is 169 Å². The highest BCUT2D eigenvalue weighted by Gasteiger charge is 2.30. The van der Waals surface area contributed by atoms with Gasteiger partial charge in [0.1, 0.15) is 6.04 Å². The van der Waals surface area contributed by atoms with Crippen molar-refractivity contribution in [2.45, 2.75) is 6.04 Å². The molecule has 0 aliphatic carbocycles. The monoisotopic (exact) mass is 411 g/mol. The van der Waals surface area contributed by atoms with Crippen molar-refractivity contribution in [2.75, 3.05) is 33.2 Å². The fraction of sp³-hybridized carbons (Fsp3) is 0.389. The fourth-order valence-electron chi connectivity index (χ4n) is 3.11. The van der Waals surface area contributed by atoms with Crippen LogP contribution < -0.4 is 5.32 Å². The first kappa shape index (κ1) is 21.2. The molecule has 1 aliphatic heterocycles. The molecule has 2 amide bonds. The smallest absolute Gasteiger partial charge is 0.253 e. The maximum Gasteiger partial charge on any atom is 0.253 e. The van der Waals surface area contributed by atoms with Crippen LogP contribution in [0, 0.1) is 0 Å². The van der Waals surface area contributed by atoms with Gasteiger partial charge in [0.05, 0.1) is 6.20 Å². The van der Waals surface area contributed by atoms with E-state index in [1.54, 1.807) is 52.0 Å². The average Bonchev–Trinajstić information content (AvgIpc) is 3.08. The second kappa shape index (κ2) is 9.21. The Morgan fingerprint density at radius 3 is 2.22 bits per heavy atom. The van der Waals surface area contributed by atoms with Crippen molar-refractivity contribution in [3.63, 3.8) is 0 Å². The number of nitrogens with zero attached hydrogens (tertiary/aromatic N) is 4. The molecular formula is C18H23Cl2N5O2. The summed E-state index contributed by atoms with van der Waals surface area (Å²) in [5, 5.41) is 7.79. The molecule has 1 unspecified atom stereocenters. The van der Waals surface area contributed by atoms with Gasteiger partial charge in [-0.05, 0) is 31.3 Å². The Kier molecular flexibility index (Phi) is 7.24. The number of nitrogens with one attached hydrogen (secondary N) is 1. The van der Waals surface area contributed by atoms with Crippen LogP contribution >= 0.6 is 24.0 Å². The molecule has 0 saturated carbocycles. The van der Waals surface area contributed by atoms with Crippen LogP contribution in [0.4, 0.5) is 0 Å². The molecule has 1 aromatic heterocycles. The maximum atomic E-state index is 12.8. The van der Waals surface area contributed by atoms with E-state index in [0.29, 0.717) is 36.8 Å². The largest absolute Gasteiger partial charge is 0.337 e. The summed E-state index contributed by atoms with van der Waals surface area (Å²) in [5.74, 6) is -0.0368. The molecule has 1 N–H and O–H groups in total. The first-order valence-electron chi connectivity index (χ1n) is 8.49. The third kappa shape index (κ3) is 4.80. The number of likely N-dealkylation sites (N-methyl/N-ethyl adjacent to an activating group) is 1. The number of hydrogen-bond donors (Lipinski definition) is 1. The molecule has 27 heavy (non-hydrogen) atoms. The van der Waals surface area contributed by atoms with E-state index >= 15 is 0 Å². The Morgan fingerprint density at radius 1 is 1.11 bits per heavy atom. The minimum absolute atomic E-state index is 0. The highest BCUT2D eigenvalue weighted by atomic mass is 35.5. The van der Waals surface area contributed by atoms with Crippen molar-refractivity contribution in [1.82, 2.24) is 24.9 Å². The van der Waals surface area contributed by atoms with Gasteiger partial charge in [-0.2, -0.15) is 5.10 Å². The zero-order valence-electron chi connectivity index (χ0n) is 15.3. The van der Waals surface area contributed by atoms with E-state index < -0.39 is 6.04 Å². The average molecular weight is 412 g/mol. The van der Waals surface area contributed by atoms with Crippen LogP contribution in [0.3, 0.4) is 0 Å². The molecule has 9 heteroatoms. The third-order valence-corrected chi connectivity index (χ3v) is 4.82. The highest BCUT2D eigenvalue weighted by Crippen LogP contribution is 2.17. The Hall–Kier alpha value is -2.09. The van der Waals surface area contributed by atoms with Gasteiger partial charge in [0.2, 0.25) is 5.91 Å². The molecule has 2 heterocycles. The molecule has 146 valence electrons. The van der Waals surface area contributed by atoms with Crippen molar-refractivity contribution in [1.29, 1.82) is 0 Å². The zero-order chi connectivity index (χ0) is 18.7. The van der Waals surface area contributed by atoms with E-state index in [0.717, 1.165) is 5.56 Å². The van der Waals surface area contributed by atoms with Gasteiger partial charge < -0.3 is 15.1 Å². The number of amides is 2. The van der Waals surface area contributed by atoms with Crippen molar-refractivity contribution in [3.8, 4) is 0 Å². The molecule has 0 radical (unpaired) electrons. The number of aryl methyl sites for hydroxylation is 1. The van der Waals surface area contributed by atoms with Crippen molar-refractivity contribution in [3.05, 3.63) is 52.8 Å². The Balaban J connectivity index is 0.00000261. The number of benzene rings is 1. The summed E-state index contributed by atoms with van der Waals surface area (Å²) in [4.78, 5) is 28.9. The maximum absolute atomic E-state index is 12.8. The molecule has 0 bridgehead atoms. The normalized spacial score (nSPS) is 15.2. The molecular weight excluding hydrogens is 389 g/mol. The number of carbonyl (C=O) groups excluding carboxylic acids is 2. The lowest BCUT2D eigenvalue weighted by Gasteiger charge is -2.36. The number of piperazine rings is 1. The summed E-state index contributed by atoms with van der Waals surface area (Å²) in [5.41, 5.74) is 1.44. The van der Waals surface area contributed by atoms with Gasteiger partial charge in [0.25, 0.3) is 5.91 Å². The topological polar surface area (TPSA) is 70.5 Å². The van der Waals surface area contributed by atoms with Crippen LogP contribution in [0.1, 0.15) is 22.0 Å². The van der Waals surface area contributed by atoms with Gasteiger partial charge in [-0.1, -0.05) is 11.6 Å². The van der Waals surface area contributed by atoms with E-state index in [1.165, 1.54) is 0 Å². The number of hydrogen-bond acceptors (Lipinski definition) is 4. The van der Waals surface area contributed by atoms with Crippen molar-refractivity contribution >= 4 is 35.8 Å². The molecule has 1 fully saturated rings. The lowest BCUT2D eigenvalue weighted by Crippen LogP contribution is -2.52. The van der Waals surface area contributed by atoms with E-state index in [9.17, 15) is 9.59 Å². The number of rotatable bonds is 4. The third-order valence-electron chi connectivity index (χ3n) is 4.56. The van der Waals surface area contributed by atoms with E-state index in [-0.39, 0.29) is 24.2 Å². The molecule has 1 saturated heterocycles. The zero-order valence-corrected chi connectivity index (χ0v) is 16.8. The van der Waals surface area contributed by atoms with Crippen LogP contribution in [0.15, 0.2) is 36.7 Å².